The van der Waals surface area contributed by atoms with Crippen LogP contribution < -0.4 is 5.32 Å². The summed E-state index contributed by atoms with van der Waals surface area (Å²) in [7, 11) is 1.62. The SMILES string of the molecule is COC1=CC=CC23C(=CCC(=O)C2N1)N(Br)C1=C3CCC=C1. The van der Waals surface area contributed by atoms with E-state index < -0.39 is 5.41 Å². The molecule has 4 nitrogen and oxygen atoms in total. The highest BCUT2D eigenvalue weighted by Gasteiger charge is 2.56. The summed E-state index contributed by atoms with van der Waals surface area (Å²) in [6.45, 7) is 0. The predicted molar refractivity (Wildman–Crippen MR) is 87.5 cm³/mol. The van der Waals surface area contributed by atoms with Crippen molar-refractivity contribution in [2.75, 3.05) is 7.11 Å². The minimum atomic E-state index is -0.421. The van der Waals surface area contributed by atoms with Gasteiger partial charge in [0, 0.05) is 12.1 Å². The lowest BCUT2D eigenvalue weighted by molar-refractivity contribution is -0.122. The molecule has 0 fully saturated rings. The van der Waals surface area contributed by atoms with E-state index in [1.54, 1.807) is 7.11 Å². The van der Waals surface area contributed by atoms with E-state index in [0.29, 0.717) is 12.3 Å². The van der Waals surface area contributed by atoms with Crippen molar-refractivity contribution in [3.05, 3.63) is 59.3 Å². The fourth-order valence-electron chi connectivity index (χ4n) is 3.92. The van der Waals surface area contributed by atoms with Crippen LogP contribution in [-0.4, -0.2) is 22.9 Å². The Balaban J connectivity index is 1.93. The van der Waals surface area contributed by atoms with Gasteiger partial charge in [-0.2, -0.15) is 0 Å². The van der Waals surface area contributed by atoms with E-state index in [-0.39, 0.29) is 11.8 Å². The monoisotopic (exact) mass is 360 g/mol. The van der Waals surface area contributed by atoms with Crippen LogP contribution in [0.4, 0.5) is 0 Å². The standard InChI is InChI=1S/C17H17BrN2O2/c1-22-15-7-4-10-17-11-5-2-3-6-12(11)20(18)14(17)9-8-13(21)16(17)19-15/h3-4,6-7,9-10,16,19H,2,5,8H2,1H3. The second kappa shape index (κ2) is 4.88. The summed E-state index contributed by atoms with van der Waals surface area (Å²) in [6, 6.07) is -0.323. The zero-order chi connectivity index (χ0) is 15.3. The number of ether oxygens (including phenoxy) is 1. The first-order chi connectivity index (χ1) is 10.7. The number of nitrogens with one attached hydrogen (secondary N) is 1. The van der Waals surface area contributed by atoms with Gasteiger partial charge in [-0.3, -0.25) is 8.72 Å². The largest absolute Gasteiger partial charge is 0.483 e. The molecular formula is C17H17BrN2O2. The summed E-state index contributed by atoms with van der Waals surface area (Å²) in [6.07, 6.45) is 14.8. The van der Waals surface area contributed by atoms with E-state index in [2.05, 4.69) is 43.6 Å². The first-order valence-electron chi connectivity index (χ1n) is 7.48. The second-order valence-corrected chi connectivity index (χ2v) is 6.60. The number of rotatable bonds is 1. The van der Waals surface area contributed by atoms with Gasteiger partial charge in [-0.15, -0.1) is 0 Å². The van der Waals surface area contributed by atoms with Crippen molar-refractivity contribution in [1.82, 2.24) is 9.24 Å². The van der Waals surface area contributed by atoms with E-state index in [9.17, 15) is 4.79 Å². The van der Waals surface area contributed by atoms with E-state index in [1.807, 2.05) is 18.2 Å². The van der Waals surface area contributed by atoms with Gasteiger partial charge < -0.3 is 10.1 Å². The molecule has 0 aromatic carbocycles. The summed E-state index contributed by atoms with van der Waals surface area (Å²) in [5.41, 5.74) is 3.16. The zero-order valence-electron chi connectivity index (χ0n) is 12.3. The molecular weight excluding hydrogens is 344 g/mol. The second-order valence-electron chi connectivity index (χ2n) is 5.89. The van der Waals surface area contributed by atoms with Gasteiger partial charge in [-0.25, -0.2) is 0 Å². The number of carbonyl (C=O) groups is 1. The van der Waals surface area contributed by atoms with Crippen molar-refractivity contribution in [2.45, 2.75) is 25.3 Å². The van der Waals surface area contributed by atoms with Gasteiger partial charge in [0.05, 0.1) is 34.4 Å². The van der Waals surface area contributed by atoms with Crippen LogP contribution in [0.3, 0.4) is 0 Å². The lowest BCUT2D eigenvalue weighted by Gasteiger charge is -2.40. The number of hydrogen-bond acceptors (Lipinski definition) is 4. The molecule has 0 amide bonds. The van der Waals surface area contributed by atoms with Gasteiger partial charge in [0.25, 0.3) is 0 Å². The molecule has 0 saturated heterocycles. The number of carbonyl (C=O) groups excluding carboxylic acids is 1. The summed E-state index contributed by atoms with van der Waals surface area (Å²) in [4.78, 5) is 12.7. The molecule has 2 atom stereocenters. The van der Waals surface area contributed by atoms with Crippen LogP contribution >= 0.6 is 16.1 Å². The molecule has 1 N–H and O–H groups in total. The fourth-order valence-corrected chi connectivity index (χ4v) is 4.69. The Hall–Kier alpha value is -1.75. The van der Waals surface area contributed by atoms with Crippen LogP contribution in [0.15, 0.2) is 59.3 Å². The van der Waals surface area contributed by atoms with Crippen molar-refractivity contribution < 1.29 is 9.53 Å². The Morgan fingerprint density at radius 3 is 3.18 bits per heavy atom. The normalized spacial score (nSPS) is 32.5. The smallest absolute Gasteiger partial charge is 0.186 e. The summed E-state index contributed by atoms with van der Waals surface area (Å²) < 4.78 is 7.40. The van der Waals surface area contributed by atoms with Gasteiger partial charge >= 0.3 is 0 Å². The molecule has 0 saturated carbocycles. The van der Waals surface area contributed by atoms with Crippen LogP contribution in [0, 0.1) is 5.41 Å². The molecule has 114 valence electrons. The predicted octanol–water partition coefficient (Wildman–Crippen LogP) is 3.07. The average molecular weight is 361 g/mol. The quantitative estimate of drug-likeness (QED) is 0.729. The van der Waals surface area contributed by atoms with Crippen molar-refractivity contribution in [2.24, 2.45) is 5.41 Å². The Morgan fingerprint density at radius 2 is 2.36 bits per heavy atom. The first kappa shape index (κ1) is 13.9. The highest BCUT2D eigenvalue weighted by atomic mass is 79.9. The van der Waals surface area contributed by atoms with Crippen molar-refractivity contribution in [1.29, 1.82) is 0 Å². The first-order valence-corrected chi connectivity index (χ1v) is 8.19. The molecule has 2 unspecified atom stereocenters. The van der Waals surface area contributed by atoms with E-state index in [1.165, 1.54) is 5.57 Å². The van der Waals surface area contributed by atoms with Crippen LogP contribution in [0.25, 0.3) is 0 Å². The van der Waals surface area contributed by atoms with Gasteiger partial charge in [-0.1, -0.05) is 24.3 Å². The third-order valence-corrected chi connectivity index (χ3v) is 5.64. The summed E-state index contributed by atoms with van der Waals surface area (Å²) in [5.74, 6) is 0.830. The Kier molecular flexibility index (Phi) is 3.08. The molecule has 2 heterocycles. The van der Waals surface area contributed by atoms with Gasteiger partial charge in [-0.05, 0) is 30.6 Å². The Labute approximate surface area is 138 Å². The zero-order valence-corrected chi connectivity index (χ0v) is 13.9. The number of ketones is 1. The maximum Gasteiger partial charge on any atom is 0.186 e. The lowest BCUT2D eigenvalue weighted by atomic mass is 9.66. The minimum Gasteiger partial charge on any atom is -0.483 e. The molecule has 0 radical (unpaired) electrons. The molecule has 4 aliphatic rings. The maximum atomic E-state index is 12.7. The molecule has 2 aliphatic heterocycles. The van der Waals surface area contributed by atoms with Gasteiger partial charge in [0.2, 0.25) is 0 Å². The highest BCUT2D eigenvalue weighted by molar-refractivity contribution is 9.07. The van der Waals surface area contributed by atoms with E-state index in [0.717, 1.165) is 24.2 Å². The number of allylic oxidation sites excluding steroid dienone is 5. The molecule has 0 aromatic rings. The molecule has 1 spiro atoms. The molecule has 2 aliphatic carbocycles. The number of halogens is 1. The number of hydrogen-bond donors (Lipinski definition) is 1. The molecule has 4 rings (SSSR count). The van der Waals surface area contributed by atoms with Gasteiger partial charge in [0.1, 0.15) is 6.04 Å². The van der Waals surface area contributed by atoms with E-state index in [4.69, 9.17) is 4.74 Å². The molecule has 22 heavy (non-hydrogen) atoms. The van der Waals surface area contributed by atoms with Gasteiger partial charge in [0.15, 0.2) is 11.7 Å². The summed E-state index contributed by atoms with van der Waals surface area (Å²) >= 11 is 3.69. The third-order valence-electron chi connectivity index (χ3n) is 4.88. The Bertz CT molecular complexity index is 701. The third kappa shape index (κ3) is 1.66. The minimum absolute atomic E-state index is 0.197. The number of methoxy groups -OCH3 is 1. The fraction of sp³-hybridized carbons (Fsp3) is 0.353. The van der Waals surface area contributed by atoms with Crippen LogP contribution in [0.5, 0.6) is 0 Å². The van der Waals surface area contributed by atoms with Crippen LogP contribution in [0.2, 0.25) is 0 Å². The number of nitrogens with zero attached hydrogens (tertiary/aromatic N) is 1. The Morgan fingerprint density at radius 1 is 1.50 bits per heavy atom. The highest BCUT2D eigenvalue weighted by Crippen LogP contribution is 2.57. The van der Waals surface area contributed by atoms with Crippen LogP contribution in [0.1, 0.15) is 19.3 Å². The summed E-state index contributed by atoms with van der Waals surface area (Å²) in [5, 5.41) is 3.31. The maximum absolute atomic E-state index is 12.7. The van der Waals surface area contributed by atoms with E-state index >= 15 is 0 Å². The average Bonchev–Trinajstić information content (AvgIpc) is 2.69. The molecule has 5 heteroatoms. The van der Waals surface area contributed by atoms with Crippen molar-refractivity contribution >= 4 is 21.9 Å². The topological polar surface area (TPSA) is 41.6 Å². The molecule has 0 aromatic heterocycles. The van der Waals surface area contributed by atoms with Crippen molar-refractivity contribution in [3.63, 3.8) is 0 Å². The van der Waals surface area contributed by atoms with Crippen LogP contribution in [-0.2, 0) is 9.53 Å². The lowest BCUT2D eigenvalue weighted by Crippen LogP contribution is -2.52. The molecule has 0 bridgehead atoms. The van der Waals surface area contributed by atoms with Crippen molar-refractivity contribution in [3.8, 4) is 0 Å². The number of Topliss-reactive ketones (excluding diaryl/α,β-unsaturated/α-hetero) is 1.